The number of hydrogen-bond acceptors (Lipinski definition) is 4. The number of aryl methyl sites for hydroxylation is 1. The summed E-state index contributed by atoms with van der Waals surface area (Å²) in [4.78, 5) is 30.4. The summed E-state index contributed by atoms with van der Waals surface area (Å²) in [7, 11) is 1.80. The van der Waals surface area contributed by atoms with Gasteiger partial charge >= 0.3 is 0 Å². The van der Waals surface area contributed by atoms with Crippen molar-refractivity contribution in [2.45, 2.75) is 6.54 Å². The van der Waals surface area contributed by atoms with E-state index in [0.717, 1.165) is 5.56 Å². The highest BCUT2D eigenvalue weighted by molar-refractivity contribution is 6.00. The Hall–Kier alpha value is -3.78. The van der Waals surface area contributed by atoms with E-state index in [0.29, 0.717) is 55.2 Å². The van der Waals surface area contributed by atoms with E-state index < -0.39 is 0 Å². The molecule has 33 heavy (non-hydrogen) atoms. The molecule has 7 nitrogen and oxygen atoms in total. The van der Waals surface area contributed by atoms with Gasteiger partial charge in [-0.05, 0) is 29.8 Å². The van der Waals surface area contributed by atoms with E-state index in [-0.39, 0.29) is 17.3 Å². The molecule has 0 unspecified atom stereocenters. The third-order valence-electron chi connectivity index (χ3n) is 5.98. The van der Waals surface area contributed by atoms with Gasteiger partial charge in [0.2, 0.25) is 0 Å². The predicted molar refractivity (Wildman–Crippen MR) is 123 cm³/mol. The highest BCUT2D eigenvalue weighted by Crippen LogP contribution is 2.24. The van der Waals surface area contributed by atoms with Crippen molar-refractivity contribution in [3.8, 4) is 16.9 Å². The molecule has 0 radical (unpaired) electrons. The van der Waals surface area contributed by atoms with Crippen molar-refractivity contribution >= 4 is 5.91 Å². The number of benzene rings is 2. The van der Waals surface area contributed by atoms with Crippen molar-refractivity contribution in [3.63, 3.8) is 0 Å². The van der Waals surface area contributed by atoms with Gasteiger partial charge in [0.1, 0.15) is 11.5 Å². The van der Waals surface area contributed by atoms with Gasteiger partial charge in [0.05, 0.1) is 16.8 Å². The van der Waals surface area contributed by atoms with Crippen LogP contribution in [0, 0.1) is 5.82 Å². The third-order valence-corrected chi connectivity index (χ3v) is 5.98. The average Bonchev–Trinajstić information content (AvgIpc) is 3.15. The fourth-order valence-electron chi connectivity index (χ4n) is 4.31. The Bertz CT molecular complexity index is 1320. The number of amides is 1. The minimum absolute atomic E-state index is 0.140. The van der Waals surface area contributed by atoms with Crippen molar-refractivity contribution in [1.29, 1.82) is 0 Å². The average molecular weight is 445 g/mol. The lowest BCUT2D eigenvalue weighted by molar-refractivity contribution is 0.0628. The fourth-order valence-corrected chi connectivity index (χ4v) is 4.31. The lowest BCUT2D eigenvalue weighted by Gasteiger charge is -2.35. The molecule has 0 bridgehead atoms. The maximum Gasteiger partial charge on any atom is 0.282 e. The highest BCUT2D eigenvalue weighted by atomic mass is 19.1. The van der Waals surface area contributed by atoms with Crippen LogP contribution in [0.2, 0.25) is 0 Å². The Balaban J connectivity index is 1.37. The molecule has 0 spiro atoms. The molecule has 2 aromatic carbocycles. The summed E-state index contributed by atoms with van der Waals surface area (Å²) in [6.07, 6.45) is 3.43. The van der Waals surface area contributed by atoms with E-state index in [1.54, 1.807) is 41.0 Å². The number of aromatic nitrogens is 3. The summed E-state index contributed by atoms with van der Waals surface area (Å²) in [5, 5.41) is 4.52. The SMILES string of the molecule is Cn1cc(C(=O)N2CCN(Cc3cccc(F)c3)CC2)c2nn(-c3ccccc3)c(=O)c-2c1. The molecule has 0 aliphatic carbocycles. The Morgan fingerprint density at radius 3 is 2.48 bits per heavy atom. The second-order valence-corrected chi connectivity index (χ2v) is 8.35. The number of piperazine rings is 1. The molecule has 2 aromatic rings. The van der Waals surface area contributed by atoms with Gasteiger partial charge in [-0.25, -0.2) is 4.39 Å². The van der Waals surface area contributed by atoms with E-state index >= 15 is 0 Å². The van der Waals surface area contributed by atoms with Crippen LogP contribution in [0.4, 0.5) is 4.39 Å². The maximum atomic E-state index is 13.5. The summed E-state index contributed by atoms with van der Waals surface area (Å²) >= 11 is 0. The zero-order valence-corrected chi connectivity index (χ0v) is 18.3. The smallest absolute Gasteiger partial charge is 0.282 e. The monoisotopic (exact) mass is 445 g/mol. The number of pyridine rings is 1. The Morgan fingerprint density at radius 2 is 1.76 bits per heavy atom. The van der Waals surface area contributed by atoms with Crippen LogP contribution in [0.3, 0.4) is 0 Å². The summed E-state index contributed by atoms with van der Waals surface area (Å²) in [5.41, 5.74) is 2.57. The van der Waals surface area contributed by atoms with E-state index in [1.165, 1.54) is 10.7 Å². The van der Waals surface area contributed by atoms with Crippen molar-refractivity contribution in [2.24, 2.45) is 7.05 Å². The van der Waals surface area contributed by atoms with E-state index in [9.17, 15) is 14.0 Å². The van der Waals surface area contributed by atoms with Crippen molar-refractivity contribution < 1.29 is 9.18 Å². The molecule has 1 fully saturated rings. The van der Waals surface area contributed by atoms with Gasteiger partial charge in [0, 0.05) is 52.2 Å². The van der Waals surface area contributed by atoms with Gasteiger partial charge in [-0.2, -0.15) is 9.78 Å². The minimum atomic E-state index is -0.249. The second-order valence-electron chi connectivity index (χ2n) is 8.35. The molecule has 3 heterocycles. The van der Waals surface area contributed by atoms with Crippen molar-refractivity contribution in [1.82, 2.24) is 24.1 Å². The Labute approximate surface area is 190 Å². The molecule has 168 valence electrons. The zero-order valence-electron chi connectivity index (χ0n) is 18.3. The van der Waals surface area contributed by atoms with Crippen LogP contribution in [-0.4, -0.2) is 56.2 Å². The number of carbonyl (C=O) groups is 1. The molecule has 3 aliphatic rings. The van der Waals surface area contributed by atoms with Gasteiger partial charge < -0.3 is 9.47 Å². The largest absolute Gasteiger partial charge is 0.356 e. The van der Waals surface area contributed by atoms with Crippen LogP contribution in [0.25, 0.3) is 16.9 Å². The normalized spacial score (nSPS) is 14.7. The fraction of sp³-hybridized carbons (Fsp3) is 0.240. The number of carbonyl (C=O) groups excluding carboxylic acids is 1. The molecule has 0 saturated carbocycles. The van der Waals surface area contributed by atoms with Gasteiger partial charge in [-0.15, -0.1) is 0 Å². The molecule has 1 amide bonds. The first kappa shape index (κ1) is 21.1. The van der Waals surface area contributed by atoms with Gasteiger partial charge in [0.25, 0.3) is 11.5 Å². The first-order valence-electron chi connectivity index (χ1n) is 10.9. The van der Waals surface area contributed by atoms with Crippen molar-refractivity contribution in [2.75, 3.05) is 26.2 Å². The topological polar surface area (TPSA) is 63.4 Å². The van der Waals surface area contributed by atoms with E-state index in [1.807, 2.05) is 36.4 Å². The first-order chi connectivity index (χ1) is 16.0. The molecular formula is C25H24FN5O2. The molecule has 0 atom stereocenters. The van der Waals surface area contributed by atoms with Crippen LogP contribution < -0.4 is 5.56 Å². The number of rotatable bonds is 4. The van der Waals surface area contributed by atoms with Crippen LogP contribution >= 0.6 is 0 Å². The Morgan fingerprint density at radius 1 is 1.00 bits per heavy atom. The molecule has 0 N–H and O–H groups in total. The van der Waals surface area contributed by atoms with Crippen LogP contribution in [0.5, 0.6) is 0 Å². The number of fused-ring (bicyclic) bond motifs is 1. The molecular weight excluding hydrogens is 421 g/mol. The van der Waals surface area contributed by atoms with Gasteiger partial charge in [0.15, 0.2) is 0 Å². The molecule has 8 heteroatoms. The lowest BCUT2D eigenvalue weighted by Crippen LogP contribution is -2.48. The number of halogens is 1. The van der Waals surface area contributed by atoms with Gasteiger partial charge in [-0.3, -0.25) is 14.5 Å². The van der Waals surface area contributed by atoms with Crippen LogP contribution in [0.15, 0.2) is 71.8 Å². The highest BCUT2D eigenvalue weighted by Gasteiger charge is 2.28. The lowest BCUT2D eigenvalue weighted by atomic mass is 10.1. The summed E-state index contributed by atoms with van der Waals surface area (Å²) < 4.78 is 16.5. The quantitative estimate of drug-likeness (QED) is 0.485. The summed E-state index contributed by atoms with van der Waals surface area (Å²) in [6.45, 7) is 3.13. The molecule has 0 aromatic heterocycles. The van der Waals surface area contributed by atoms with Crippen LogP contribution in [-0.2, 0) is 13.6 Å². The van der Waals surface area contributed by atoms with Crippen LogP contribution in [0.1, 0.15) is 15.9 Å². The Kier molecular flexibility index (Phi) is 5.51. The van der Waals surface area contributed by atoms with Crippen molar-refractivity contribution in [3.05, 3.63) is 94.3 Å². The molecule has 3 aliphatic heterocycles. The van der Waals surface area contributed by atoms with Gasteiger partial charge in [-0.1, -0.05) is 30.3 Å². The maximum absolute atomic E-state index is 13.5. The van der Waals surface area contributed by atoms with E-state index in [2.05, 4.69) is 10.00 Å². The number of para-hydroxylation sites is 1. The number of nitrogens with zero attached hydrogens (tertiary/aromatic N) is 5. The van der Waals surface area contributed by atoms with E-state index in [4.69, 9.17) is 0 Å². The molecule has 1 saturated heterocycles. The second kappa shape index (κ2) is 8.63. The number of hydrogen-bond donors (Lipinski definition) is 0. The zero-order chi connectivity index (χ0) is 22.9. The summed E-state index contributed by atoms with van der Waals surface area (Å²) in [6, 6.07) is 15.8. The summed E-state index contributed by atoms with van der Waals surface area (Å²) in [5.74, 6) is -0.380. The molecule has 5 rings (SSSR count). The first-order valence-corrected chi connectivity index (χ1v) is 10.9. The standard InChI is InChI=1S/C25H24FN5O2/c1-28-16-21(23-22(17-28)25(33)31(27-23)20-8-3-2-4-9-20)24(32)30-12-10-29(11-13-30)15-18-6-5-7-19(26)14-18/h2-9,14,16-17H,10-13,15H2,1H3. The predicted octanol–water partition coefficient (Wildman–Crippen LogP) is 2.77. The third kappa shape index (κ3) is 4.17. The minimum Gasteiger partial charge on any atom is -0.356 e.